The Bertz CT molecular complexity index is 300. The van der Waals surface area contributed by atoms with Crippen LogP contribution in [-0.2, 0) is 4.74 Å². The molecule has 15 heavy (non-hydrogen) atoms. The van der Waals surface area contributed by atoms with Gasteiger partial charge in [-0.1, -0.05) is 0 Å². The smallest absolute Gasteiger partial charge is 0.192 e. The quantitative estimate of drug-likeness (QED) is 0.692. The number of nitrogens with zero attached hydrogens (tertiary/aromatic N) is 2. The fourth-order valence-corrected chi connectivity index (χ4v) is 3.04. The molecule has 0 aromatic carbocycles. The lowest BCUT2D eigenvalue weighted by atomic mass is 9.86. The number of hydrogen-bond acceptors (Lipinski definition) is 4. The molecule has 1 saturated carbocycles. The van der Waals surface area contributed by atoms with Crippen molar-refractivity contribution in [2.75, 3.05) is 13.2 Å². The van der Waals surface area contributed by atoms with Crippen molar-refractivity contribution in [1.29, 1.82) is 0 Å². The van der Waals surface area contributed by atoms with Gasteiger partial charge >= 0.3 is 0 Å². The van der Waals surface area contributed by atoms with Gasteiger partial charge in [0.1, 0.15) is 0 Å². The maximum atomic E-state index is 6.01. The van der Waals surface area contributed by atoms with E-state index in [-0.39, 0.29) is 5.54 Å². The van der Waals surface area contributed by atoms with E-state index in [2.05, 4.69) is 16.8 Å². The van der Waals surface area contributed by atoms with Gasteiger partial charge in [0, 0.05) is 12.6 Å². The van der Waals surface area contributed by atoms with Crippen LogP contribution >= 0.6 is 0 Å². The summed E-state index contributed by atoms with van der Waals surface area (Å²) < 4.78 is 5.63. The summed E-state index contributed by atoms with van der Waals surface area (Å²) >= 11 is 0. The summed E-state index contributed by atoms with van der Waals surface area (Å²) in [6.45, 7) is 3.89. The maximum absolute atomic E-state index is 6.01. The highest BCUT2D eigenvalue weighted by molar-refractivity contribution is 5.81. The van der Waals surface area contributed by atoms with Gasteiger partial charge in [-0.05, 0) is 32.6 Å². The topological polar surface area (TPSA) is 50.9 Å². The molecule has 2 N–H and O–H groups in total. The number of rotatable bonds is 1. The number of ether oxygens (including phenoxy) is 1. The van der Waals surface area contributed by atoms with Crippen LogP contribution in [0.3, 0.4) is 0 Å². The molecule has 84 valence electrons. The molecular formula is C11H19N3O. The standard InChI is InChI=1S/C11H19N3O/c1-8-6-11(4-5-15-8)7-13-10(12)14(11)9-2-3-9/h8-9H,2-7H2,1H3,(H2,12,13). The van der Waals surface area contributed by atoms with E-state index in [1.54, 1.807) is 0 Å². The van der Waals surface area contributed by atoms with Crippen LogP contribution in [-0.4, -0.2) is 41.7 Å². The predicted molar refractivity (Wildman–Crippen MR) is 58.7 cm³/mol. The summed E-state index contributed by atoms with van der Waals surface area (Å²) in [5, 5.41) is 0. The van der Waals surface area contributed by atoms with Crippen molar-refractivity contribution in [1.82, 2.24) is 4.90 Å². The molecule has 1 saturated heterocycles. The summed E-state index contributed by atoms with van der Waals surface area (Å²) in [6.07, 6.45) is 5.08. The summed E-state index contributed by atoms with van der Waals surface area (Å²) in [5.74, 6) is 0.770. The minimum Gasteiger partial charge on any atom is -0.378 e. The van der Waals surface area contributed by atoms with Gasteiger partial charge in [-0.25, -0.2) is 0 Å². The van der Waals surface area contributed by atoms with Crippen LogP contribution in [0.4, 0.5) is 0 Å². The molecule has 0 aromatic rings. The molecule has 3 rings (SSSR count). The van der Waals surface area contributed by atoms with Crippen LogP contribution in [0.15, 0.2) is 4.99 Å². The highest BCUT2D eigenvalue weighted by Crippen LogP contribution is 2.41. The fourth-order valence-electron chi connectivity index (χ4n) is 3.04. The van der Waals surface area contributed by atoms with Gasteiger partial charge in [-0.2, -0.15) is 0 Å². The lowest BCUT2D eigenvalue weighted by Gasteiger charge is -2.44. The van der Waals surface area contributed by atoms with Crippen molar-refractivity contribution < 1.29 is 4.74 Å². The first kappa shape index (κ1) is 9.46. The van der Waals surface area contributed by atoms with Crippen molar-refractivity contribution in [3.8, 4) is 0 Å². The van der Waals surface area contributed by atoms with E-state index >= 15 is 0 Å². The number of aliphatic imine (C=N–C) groups is 1. The molecule has 2 fully saturated rings. The third-order valence-corrected chi connectivity index (χ3v) is 3.84. The van der Waals surface area contributed by atoms with Crippen LogP contribution in [0.2, 0.25) is 0 Å². The lowest BCUT2D eigenvalue weighted by molar-refractivity contribution is -0.0399. The number of guanidine groups is 1. The summed E-state index contributed by atoms with van der Waals surface area (Å²) in [4.78, 5) is 6.85. The lowest BCUT2D eigenvalue weighted by Crippen LogP contribution is -2.56. The molecule has 4 heteroatoms. The SMILES string of the molecule is CC1CC2(CCO1)CN=C(N)N2C1CC1. The minimum atomic E-state index is 0.197. The zero-order chi connectivity index (χ0) is 10.5. The Kier molecular flexibility index (Phi) is 1.96. The monoisotopic (exact) mass is 209 g/mol. The average Bonchev–Trinajstić information content (AvgIpc) is 2.96. The van der Waals surface area contributed by atoms with Gasteiger partial charge in [0.2, 0.25) is 0 Å². The van der Waals surface area contributed by atoms with E-state index in [9.17, 15) is 0 Å². The van der Waals surface area contributed by atoms with Crippen molar-refractivity contribution in [3.05, 3.63) is 0 Å². The van der Waals surface area contributed by atoms with E-state index in [0.29, 0.717) is 12.1 Å². The molecule has 2 aliphatic heterocycles. The molecule has 0 radical (unpaired) electrons. The molecule has 4 nitrogen and oxygen atoms in total. The second-order valence-electron chi connectivity index (χ2n) is 5.14. The van der Waals surface area contributed by atoms with E-state index in [1.807, 2.05) is 0 Å². The van der Waals surface area contributed by atoms with Crippen LogP contribution in [0.1, 0.15) is 32.6 Å². The first-order valence-corrected chi connectivity index (χ1v) is 5.92. The Morgan fingerprint density at radius 1 is 1.53 bits per heavy atom. The minimum absolute atomic E-state index is 0.197. The Morgan fingerprint density at radius 3 is 3.00 bits per heavy atom. The maximum Gasteiger partial charge on any atom is 0.192 e. The van der Waals surface area contributed by atoms with Crippen molar-refractivity contribution in [2.45, 2.75) is 50.3 Å². The summed E-state index contributed by atoms with van der Waals surface area (Å²) in [6, 6.07) is 0.668. The van der Waals surface area contributed by atoms with Gasteiger partial charge in [0.05, 0.1) is 18.2 Å². The van der Waals surface area contributed by atoms with Crippen LogP contribution in [0.5, 0.6) is 0 Å². The van der Waals surface area contributed by atoms with Crippen molar-refractivity contribution in [2.24, 2.45) is 10.7 Å². The Hall–Kier alpha value is -0.770. The molecule has 0 bridgehead atoms. The molecule has 1 aliphatic carbocycles. The van der Waals surface area contributed by atoms with Gasteiger partial charge in [-0.3, -0.25) is 4.99 Å². The third kappa shape index (κ3) is 1.42. The van der Waals surface area contributed by atoms with E-state index < -0.39 is 0 Å². The third-order valence-electron chi connectivity index (χ3n) is 3.84. The Labute approximate surface area is 90.5 Å². The average molecular weight is 209 g/mol. The first-order valence-electron chi connectivity index (χ1n) is 5.92. The van der Waals surface area contributed by atoms with Gasteiger partial charge in [0.25, 0.3) is 0 Å². The van der Waals surface area contributed by atoms with Crippen LogP contribution < -0.4 is 5.73 Å². The second-order valence-corrected chi connectivity index (χ2v) is 5.14. The molecule has 0 amide bonds. The van der Waals surface area contributed by atoms with Crippen LogP contribution in [0, 0.1) is 0 Å². The van der Waals surface area contributed by atoms with Gasteiger partial charge < -0.3 is 15.4 Å². The summed E-state index contributed by atoms with van der Waals surface area (Å²) in [7, 11) is 0. The van der Waals surface area contributed by atoms with Gasteiger partial charge in [-0.15, -0.1) is 0 Å². The second kappa shape index (κ2) is 3.11. The zero-order valence-electron chi connectivity index (χ0n) is 9.28. The number of hydrogen-bond donors (Lipinski definition) is 1. The molecule has 2 atom stereocenters. The van der Waals surface area contributed by atoms with Crippen molar-refractivity contribution >= 4 is 5.96 Å². The van der Waals surface area contributed by atoms with Crippen molar-refractivity contribution in [3.63, 3.8) is 0 Å². The summed E-state index contributed by atoms with van der Waals surface area (Å²) in [5.41, 5.74) is 6.20. The molecule has 0 aromatic heterocycles. The first-order chi connectivity index (χ1) is 7.21. The normalized spacial score (nSPS) is 41.0. The molecule has 3 aliphatic rings. The Morgan fingerprint density at radius 2 is 2.33 bits per heavy atom. The number of nitrogens with two attached hydrogens (primary N) is 1. The zero-order valence-corrected chi connectivity index (χ0v) is 9.28. The van der Waals surface area contributed by atoms with E-state index in [1.165, 1.54) is 12.8 Å². The molecule has 2 unspecified atom stereocenters. The fraction of sp³-hybridized carbons (Fsp3) is 0.909. The molecule has 1 spiro atoms. The highest BCUT2D eigenvalue weighted by atomic mass is 16.5. The highest BCUT2D eigenvalue weighted by Gasteiger charge is 2.50. The van der Waals surface area contributed by atoms with Gasteiger partial charge in [0.15, 0.2) is 5.96 Å². The van der Waals surface area contributed by atoms with Crippen LogP contribution in [0.25, 0.3) is 0 Å². The van der Waals surface area contributed by atoms with E-state index in [4.69, 9.17) is 10.5 Å². The van der Waals surface area contributed by atoms with E-state index in [0.717, 1.165) is 32.0 Å². The molecule has 2 heterocycles. The molecular weight excluding hydrogens is 190 g/mol. The Balaban J connectivity index is 1.84. The predicted octanol–water partition coefficient (Wildman–Crippen LogP) is 0.717. The largest absolute Gasteiger partial charge is 0.378 e.